The molecule has 1 aromatic heterocycles. The van der Waals surface area contributed by atoms with Crippen LogP contribution in [0.1, 0.15) is 50.3 Å². The zero-order valence-corrected chi connectivity index (χ0v) is 16.1. The van der Waals surface area contributed by atoms with Crippen LogP contribution >= 0.6 is 0 Å². The molecule has 136 valence electrons. The topological polar surface area (TPSA) is 43.3 Å². The van der Waals surface area contributed by atoms with E-state index in [9.17, 15) is 4.79 Å². The van der Waals surface area contributed by atoms with Gasteiger partial charge in [0, 0.05) is 11.6 Å². The Bertz CT molecular complexity index is 777. The second-order valence-corrected chi connectivity index (χ2v) is 8.31. The number of hydrogen-bond acceptors (Lipinski definition) is 3. The predicted octanol–water partition coefficient (Wildman–Crippen LogP) is 4.58. The lowest BCUT2D eigenvalue weighted by Crippen LogP contribution is -2.28. The van der Waals surface area contributed by atoms with Crippen LogP contribution in [-0.2, 0) is 11.2 Å². The molecule has 0 spiro atoms. The summed E-state index contributed by atoms with van der Waals surface area (Å²) >= 11 is 0. The highest BCUT2D eigenvalue weighted by Crippen LogP contribution is 2.31. The number of ether oxygens (including phenoxy) is 1. The molecule has 0 bridgehead atoms. The highest BCUT2D eigenvalue weighted by Gasteiger charge is 2.22. The van der Waals surface area contributed by atoms with E-state index in [0.29, 0.717) is 0 Å². The second-order valence-electron chi connectivity index (χ2n) is 8.31. The van der Waals surface area contributed by atoms with E-state index >= 15 is 0 Å². The number of nitrogens with one attached hydrogen (secondary N) is 1. The van der Waals surface area contributed by atoms with Gasteiger partial charge in [0.1, 0.15) is 5.60 Å². The SMILES string of the molecule is Cc1cc(C)c2c(ccn2C(=O)OC(C)(C)C)c1CC1CCNCC1. The maximum absolute atomic E-state index is 12.6. The molecule has 1 aromatic carbocycles. The van der Waals surface area contributed by atoms with E-state index in [1.807, 2.05) is 27.0 Å². The summed E-state index contributed by atoms with van der Waals surface area (Å²) in [6.45, 7) is 12.2. The molecule has 2 aromatic rings. The van der Waals surface area contributed by atoms with E-state index in [1.54, 1.807) is 4.57 Å². The Morgan fingerprint density at radius 2 is 1.92 bits per heavy atom. The molecule has 2 heterocycles. The van der Waals surface area contributed by atoms with E-state index in [-0.39, 0.29) is 6.09 Å². The van der Waals surface area contributed by atoms with Gasteiger partial charge in [-0.15, -0.1) is 0 Å². The Morgan fingerprint density at radius 3 is 2.56 bits per heavy atom. The van der Waals surface area contributed by atoms with E-state index < -0.39 is 5.60 Å². The van der Waals surface area contributed by atoms with Crippen molar-refractivity contribution in [2.75, 3.05) is 13.1 Å². The number of fused-ring (bicyclic) bond motifs is 1. The molecule has 0 saturated carbocycles. The maximum Gasteiger partial charge on any atom is 0.418 e. The average molecular weight is 342 g/mol. The van der Waals surface area contributed by atoms with Crippen molar-refractivity contribution < 1.29 is 9.53 Å². The lowest BCUT2D eigenvalue weighted by molar-refractivity contribution is 0.0544. The normalized spacial score (nSPS) is 16.4. The number of carbonyl (C=O) groups is 1. The van der Waals surface area contributed by atoms with Crippen molar-refractivity contribution in [1.29, 1.82) is 0 Å². The average Bonchev–Trinajstić information content (AvgIpc) is 2.96. The molecular weight excluding hydrogens is 312 g/mol. The molecular formula is C21H30N2O2. The molecule has 25 heavy (non-hydrogen) atoms. The second kappa shape index (κ2) is 6.83. The summed E-state index contributed by atoms with van der Waals surface area (Å²) in [5.41, 5.74) is 4.32. The van der Waals surface area contributed by atoms with Gasteiger partial charge in [-0.1, -0.05) is 6.07 Å². The minimum atomic E-state index is -0.496. The van der Waals surface area contributed by atoms with E-state index in [2.05, 4.69) is 31.3 Å². The lowest BCUT2D eigenvalue weighted by atomic mass is 9.87. The third kappa shape index (κ3) is 3.90. The summed E-state index contributed by atoms with van der Waals surface area (Å²) in [6, 6.07) is 4.29. The maximum atomic E-state index is 12.6. The molecule has 0 unspecified atom stereocenters. The minimum absolute atomic E-state index is 0.303. The highest BCUT2D eigenvalue weighted by molar-refractivity contribution is 5.94. The lowest BCUT2D eigenvalue weighted by Gasteiger charge is -2.24. The van der Waals surface area contributed by atoms with Crippen LogP contribution in [0.25, 0.3) is 10.9 Å². The van der Waals surface area contributed by atoms with Crippen LogP contribution in [0, 0.1) is 19.8 Å². The summed E-state index contributed by atoms with van der Waals surface area (Å²) in [4.78, 5) is 12.6. The molecule has 0 aliphatic carbocycles. The molecule has 4 nitrogen and oxygen atoms in total. The molecule has 0 radical (unpaired) electrons. The molecule has 0 atom stereocenters. The molecule has 1 fully saturated rings. The van der Waals surface area contributed by atoms with Crippen LogP contribution in [0.4, 0.5) is 4.79 Å². The van der Waals surface area contributed by atoms with Gasteiger partial charge in [0.25, 0.3) is 0 Å². The Kier molecular flexibility index (Phi) is 4.92. The van der Waals surface area contributed by atoms with Crippen LogP contribution in [-0.4, -0.2) is 29.4 Å². The Hall–Kier alpha value is -1.81. The molecule has 3 rings (SSSR count). The molecule has 1 saturated heterocycles. The number of nitrogens with zero attached hydrogens (tertiary/aromatic N) is 1. The highest BCUT2D eigenvalue weighted by atomic mass is 16.6. The fourth-order valence-corrected chi connectivity index (χ4v) is 3.88. The van der Waals surface area contributed by atoms with Crippen LogP contribution in [0.2, 0.25) is 0 Å². The number of benzene rings is 1. The minimum Gasteiger partial charge on any atom is -0.443 e. The zero-order valence-electron chi connectivity index (χ0n) is 16.1. The number of carbonyl (C=O) groups excluding carboxylic acids is 1. The van der Waals surface area contributed by atoms with Crippen molar-refractivity contribution in [3.05, 3.63) is 35.0 Å². The third-order valence-electron chi connectivity index (χ3n) is 5.04. The fraction of sp³-hybridized carbons (Fsp3) is 0.571. The Balaban J connectivity index is 2.00. The van der Waals surface area contributed by atoms with Crippen LogP contribution in [0.3, 0.4) is 0 Å². The summed E-state index contributed by atoms with van der Waals surface area (Å²) in [6.07, 6.45) is 5.09. The molecule has 0 amide bonds. The summed E-state index contributed by atoms with van der Waals surface area (Å²) in [5.74, 6) is 0.718. The first-order chi connectivity index (χ1) is 11.8. The van der Waals surface area contributed by atoms with Crippen molar-refractivity contribution >= 4 is 17.0 Å². The number of aromatic nitrogens is 1. The summed E-state index contributed by atoms with van der Waals surface area (Å²) in [5, 5.41) is 4.63. The monoisotopic (exact) mass is 342 g/mol. The standard InChI is InChI=1S/C21H30N2O2/c1-14-12-15(2)19-17(18(14)13-16-6-9-22-10-7-16)8-11-23(19)20(24)25-21(3,4)5/h8,11-12,16,22H,6-7,9-10,13H2,1-5H3. The van der Waals surface area contributed by atoms with Crippen molar-refractivity contribution in [3.8, 4) is 0 Å². The fourth-order valence-electron chi connectivity index (χ4n) is 3.88. The van der Waals surface area contributed by atoms with Gasteiger partial charge >= 0.3 is 6.09 Å². The van der Waals surface area contributed by atoms with Gasteiger partial charge in [0.2, 0.25) is 0 Å². The smallest absolute Gasteiger partial charge is 0.418 e. The van der Waals surface area contributed by atoms with Gasteiger partial charge in [-0.25, -0.2) is 4.79 Å². The zero-order chi connectivity index (χ0) is 18.2. The molecule has 1 aliphatic rings. The van der Waals surface area contributed by atoms with E-state index in [4.69, 9.17) is 4.74 Å². The Morgan fingerprint density at radius 1 is 1.24 bits per heavy atom. The largest absolute Gasteiger partial charge is 0.443 e. The quantitative estimate of drug-likeness (QED) is 0.868. The predicted molar refractivity (Wildman–Crippen MR) is 102 cm³/mol. The van der Waals surface area contributed by atoms with Gasteiger partial charge in [-0.3, -0.25) is 4.57 Å². The van der Waals surface area contributed by atoms with Crippen molar-refractivity contribution in [2.45, 2.75) is 59.5 Å². The van der Waals surface area contributed by atoms with Gasteiger partial charge in [-0.2, -0.15) is 0 Å². The van der Waals surface area contributed by atoms with Gasteiger partial charge in [-0.05, 0) is 95.6 Å². The van der Waals surface area contributed by atoms with Crippen LogP contribution < -0.4 is 5.32 Å². The van der Waals surface area contributed by atoms with Gasteiger partial charge in [0.05, 0.1) is 5.52 Å². The third-order valence-corrected chi connectivity index (χ3v) is 5.04. The van der Waals surface area contributed by atoms with Crippen LogP contribution in [0.15, 0.2) is 18.3 Å². The first-order valence-corrected chi connectivity index (χ1v) is 9.30. The van der Waals surface area contributed by atoms with Gasteiger partial charge < -0.3 is 10.1 Å². The number of piperidine rings is 1. The first-order valence-electron chi connectivity index (χ1n) is 9.30. The van der Waals surface area contributed by atoms with Crippen LogP contribution in [0.5, 0.6) is 0 Å². The van der Waals surface area contributed by atoms with Gasteiger partial charge in [0.15, 0.2) is 0 Å². The van der Waals surface area contributed by atoms with E-state index in [1.165, 1.54) is 29.4 Å². The van der Waals surface area contributed by atoms with Crippen molar-refractivity contribution in [2.24, 2.45) is 5.92 Å². The van der Waals surface area contributed by atoms with Crippen molar-refractivity contribution in [3.63, 3.8) is 0 Å². The summed E-state index contributed by atoms with van der Waals surface area (Å²) in [7, 11) is 0. The molecule has 1 aliphatic heterocycles. The number of rotatable bonds is 2. The molecule has 4 heteroatoms. The first kappa shape index (κ1) is 18.0. The van der Waals surface area contributed by atoms with E-state index in [0.717, 1.165) is 36.5 Å². The number of aryl methyl sites for hydroxylation is 2. The summed E-state index contributed by atoms with van der Waals surface area (Å²) < 4.78 is 7.25. The Labute approximate surface area is 150 Å². The van der Waals surface area contributed by atoms with Crippen molar-refractivity contribution in [1.82, 2.24) is 9.88 Å². The number of hydrogen-bond donors (Lipinski definition) is 1. The molecule has 1 N–H and O–H groups in total.